The van der Waals surface area contributed by atoms with E-state index in [4.69, 9.17) is 4.74 Å². The summed E-state index contributed by atoms with van der Waals surface area (Å²) in [5, 5.41) is 10.6. The van der Waals surface area contributed by atoms with Gasteiger partial charge in [-0.1, -0.05) is 30.3 Å². The van der Waals surface area contributed by atoms with Crippen molar-refractivity contribution in [2.75, 3.05) is 27.2 Å². The van der Waals surface area contributed by atoms with Crippen LogP contribution < -0.4 is 10.1 Å². The van der Waals surface area contributed by atoms with E-state index in [2.05, 4.69) is 33.5 Å². The number of hydrogen-bond acceptors (Lipinski definition) is 4. The Morgan fingerprint density at radius 3 is 2.64 bits per heavy atom. The fourth-order valence-corrected chi connectivity index (χ4v) is 2.71. The minimum absolute atomic E-state index is 0.817. The highest BCUT2D eigenvalue weighted by Crippen LogP contribution is 2.34. The molecule has 0 unspecified atom stereocenters. The second-order valence-corrected chi connectivity index (χ2v) is 6.02. The van der Waals surface area contributed by atoms with Crippen LogP contribution in [0, 0.1) is 0 Å². The maximum absolute atomic E-state index is 6.09. The molecular weight excluding hydrogens is 312 g/mol. The molecule has 2 N–H and O–H groups in total. The van der Waals surface area contributed by atoms with Crippen LogP contribution >= 0.6 is 0 Å². The van der Waals surface area contributed by atoms with Crippen molar-refractivity contribution in [3.05, 3.63) is 66.4 Å². The molecule has 2 aromatic carbocycles. The molecule has 5 nitrogen and oxygen atoms in total. The molecule has 3 rings (SSSR count). The van der Waals surface area contributed by atoms with Gasteiger partial charge in [0.25, 0.3) is 0 Å². The molecule has 0 bridgehead atoms. The first-order valence-corrected chi connectivity index (χ1v) is 8.45. The topological polar surface area (TPSA) is 53.2 Å². The molecule has 0 radical (unpaired) electrons. The van der Waals surface area contributed by atoms with Gasteiger partial charge in [-0.25, -0.2) is 0 Å². The predicted octanol–water partition coefficient (Wildman–Crippen LogP) is 3.52. The monoisotopic (exact) mass is 336 g/mol. The number of nitrogens with zero attached hydrogens (tertiary/aromatic N) is 2. The highest BCUT2D eigenvalue weighted by atomic mass is 16.5. The number of likely N-dealkylation sites (N-methyl/N-ethyl adjacent to an activating group) is 2. The van der Waals surface area contributed by atoms with Gasteiger partial charge in [0.05, 0.1) is 11.9 Å². The van der Waals surface area contributed by atoms with Crippen molar-refractivity contribution in [3.8, 4) is 22.8 Å². The number of aromatic amines is 1. The van der Waals surface area contributed by atoms with Gasteiger partial charge in [-0.3, -0.25) is 5.10 Å². The van der Waals surface area contributed by atoms with Crippen molar-refractivity contribution in [1.82, 2.24) is 20.4 Å². The van der Waals surface area contributed by atoms with Crippen molar-refractivity contribution in [1.29, 1.82) is 0 Å². The average Bonchev–Trinajstić information content (AvgIpc) is 3.09. The molecule has 0 aliphatic heterocycles. The molecule has 0 amide bonds. The van der Waals surface area contributed by atoms with E-state index < -0.39 is 0 Å². The fraction of sp³-hybridized carbons (Fsp3) is 0.250. The summed E-state index contributed by atoms with van der Waals surface area (Å²) in [6.07, 6.45) is 1.89. The van der Waals surface area contributed by atoms with Gasteiger partial charge >= 0.3 is 0 Å². The van der Waals surface area contributed by atoms with Crippen LogP contribution in [0.15, 0.2) is 60.8 Å². The largest absolute Gasteiger partial charge is 0.457 e. The lowest BCUT2D eigenvalue weighted by atomic mass is 10.1. The van der Waals surface area contributed by atoms with Crippen molar-refractivity contribution >= 4 is 0 Å². The molecule has 3 aromatic rings. The zero-order valence-corrected chi connectivity index (χ0v) is 14.7. The van der Waals surface area contributed by atoms with E-state index in [0.29, 0.717) is 0 Å². The SMILES string of the molecule is CNCCN(C)Cc1cn[nH]c1-c1ccccc1Oc1ccccc1. The number of benzene rings is 2. The Balaban J connectivity index is 1.84. The Kier molecular flexibility index (Phi) is 5.82. The first-order chi connectivity index (χ1) is 12.3. The summed E-state index contributed by atoms with van der Waals surface area (Å²) in [6.45, 7) is 2.76. The normalized spacial score (nSPS) is 11.0. The van der Waals surface area contributed by atoms with Gasteiger partial charge in [0.2, 0.25) is 0 Å². The smallest absolute Gasteiger partial charge is 0.136 e. The summed E-state index contributed by atoms with van der Waals surface area (Å²) in [7, 11) is 4.08. The third kappa shape index (κ3) is 4.47. The van der Waals surface area contributed by atoms with E-state index in [1.807, 2.05) is 61.8 Å². The molecule has 5 heteroatoms. The summed E-state index contributed by atoms with van der Waals surface area (Å²) in [5.74, 6) is 1.64. The summed E-state index contributed by atoms with van der Waals surface area (Å²) in [4.78, 5) is 2.27. The second kappa shape index (κ2) is 8.46. The molecule has 0 saturated heterocycles. The number of para-hydroxylation sites is 2. The lowest BCUT2D eigenvalue weighted by molar-refractivity contribution is 0.328. The van der Waals surface area contributed by atoms with Crippen molar-refractivity contribution in [3.63, 3.8) is 0 Å². The third-order valence-corrected chi connectivity index (χ3v) is 4.03. The lowest BCUT2D eigenvalue weighted by Crippen LogP contribution is -2.27. The zero-order valence-electron chi connectivity index (χ0n) is 14.7. The molecular formula is C20H24N4O. The molecule has 0 spiro atoms. The summed E-state index contributed by atoms with van der Waals surface area (Å²) >= 11 is 0. The van der Waals surface area contributed by atoms with Crippen molar-refractivity contribution in [2.24, 2.45) is 0 Å². The number of nitrogens with one attached hydrogen (secondary N) is 2. The number of aromatic nitrogens is 2. The van der Waals surface area contributed by atoms with Crippen LogP contribution in [0.3, 0.4) is 0 Å². The molecule has 130 valence electrons. The van der Waals surface area contributed by atoms with E-state index in [-0.39, 0.29) is 0 Å². The summed E-state index contributed by atoms with van der Waals surface area (Å²) < 4.78 is 6.09. The van der Waals surface area contributed by atoms with Gasteiger partial charge in [0, 0.05) is 30.8 Å². The molecule has 25 heavy (non-hydrogen) atoms. The van der Waals surface area contributed by atoms with Gasteiger partial charge in [0.15, 0.2) is 0 Å². The van der Waals surface area contributed by atoms with Crippen molar-refractivity contribution in [2.45, 2.75) is 6.54 Å². The first-order valence-electron chi connectivity index (χ1n) is 8.45. The maximum Gasteiger partial charge on any atom is 0.136 e. The maximum atomic E-state index is 6.09. The summed E-state index contributed by atoms with van der Waals surface area (Å²) in [6, 6.07) is 17.9. The minimum atomic E-state index is 0.817. The van der Waals surface area contributed by atoms with Crippen LogP contribution in [-0.2, 0) is 6.54 Å². The Labute approximate surface area is 148 Å². The molecule has 0 fully saturated rings. The molecule has 1 heterocycles. The van der Waals surface area contributed by atoms with E-state index >= 15 is 0 Å². The number of ether oxygens (including phenoxy) is 1. The van der Waals surface area contributed by atoms with E-state index in [9.17, 15) is 0 Å². The Hall–Kier alpha value is -2.63. The van der Waals surface area contributed by atoms with E-state index in [1.54, 1.807) is 0 Å². The quantitative estimate of drug-likeness (QED) is 0.661. The predicted molar refractivity (Wildman–Crippen MR) is 101 cm³/mol. The number of H-pyrrole nitrogens is 1. The Morgan fingerprint density at radius 2 is 1.84 bits per heavy atom. The van der Waals surface area contributed by atoms with Gasteiger partial charge in [-0.05, 0) is 38.4 Å². The van der Waals surface area contributed by atoms with Crippen LogP contribution in [-0.4, -0.2) is 42.3 Å². The van der Waals surface area contributed by atoms with Gasteiger partial charge in [0.1, 0.15) is 11.5 Å². The molecule has 0 saturated carbocycles. The Morgan fingerprint density at radius 1 is 1.08 bits per heavy atom. The average molecular weight is 336 g/mol. The zero-order chi connectivity index (χ0) is 17.5. The van der Waals surface area contributed by atoms with Crippen LogP contribution in [0.4, 0.5) is 0 Å². The van der Waals surface area contributed by atoms with Gasteiger partial charge < -0.3 is 15.0 Å². The molecule has 1 aromatic heterocycles. The minimum Gasteiger partial charge on any atom is -0.457 e. The van der Waals surface area contributed by atoms with Gasteiger partial charge in [-0.2, -0.15) is 5.10 Å². The summed E-state index contributed by atoms with van der Waals surface area (Å²) in [5.41, 5.74) is 3.17. The van der Waals surface area contributed by atoms with Crippen LogP contribution in [0.1, 0.15) is 5.56 Å². The van der Waals surface area contributed by atoms with E-state index in [0.717, 1.165) is 48.0 Å². The Bertz CT molecular complexity index is 785. The standard InChI is InChI=1S/C20H24N4O/c1-21-12-13-24(2)15-16-14-22-23-20(16)18-10-6-7-11-19(18)25-17-8-4-3-5-9-17/h3-11,14,21H,12-13,15H2,1-2H3,(H,22,23). The molecule has 0 aliphatic rings. The van der Waals surface area contributed by atoms with Gasteiger partial charge in [-0.15, -0.1) is 0 Å². The van der Waals surface area contributed by atoms with Crippen LogP contribution in [0.25, 0.3) is 11.3 Å². The van der Waals surface area contributed by atoms with Crippen LogP contribution in [0.5, 0.6) is 11.5 Å². The van der Waals surface area contributed by atoms with Crippen LogP contribution in [0.2, 0.25) is 0 Å². The highest BCUT2D eigenvalue weighted by Gasteiger charge is 2.14. The number of rotatable bonds is 8. The first kappa shape index (κ1) is 17.2. The van der Waals surface area contributed by atoms with E-state index in [1.165, 1.54) is 0 Å². The highest BCUT2D eigenvalue weighted by molar-refractivity contribution is 5.70. The lowest BCUT2D eigenvalue weighted by Gasteiger charge is -2.17. The second-order valence-electron chi connectivity index (χ2n) is 6.02. The molecule has 0 atom stereocenters. The number of hydrogen-bond donors (Lipinski definition) is 2. The third-order valence-electron chi connectivity index (χ3n) is 4.03. The van der Waals surface area contributed by atoms with Crippen molar-refractivity contribution < 1.29 is 4.74 Å². The molecule has 0 aliphatic carbocycles. The fourth-order valence-electron chi connectivity index (χ4n) is 2.71.